The lowest BCUT2D eigenvalue weighted by molar-refractivity contribution is 0.0649. The number of carbonyl (C=O) groups is 1. The second kappa shape index (κ2) is 8.26. The van der Waals surface area contributed by atoms with Gasteiger partial charge in [0.15, 0.2) is 0 Å². The van der Waals surface area contributed by atoms with E-state index < -0.39 is 6.10 Å². The van der Waals surface area contributed by atoms with Crippen molar-refractivity contribution in [2.24, 2.45) is 5.41 Å². The molecular formula is C17H28FN3O2. The first kappa shape index (κ1) is 19.4. The van der Waals surface area contributed by atoms with Crippen LogP contribution in [0.15, 0.2) is 24.3 Å². The average Bonchev–Trinajstić information content (AvgIpc) is 2.45. The topological polar surface area (TPSA) is 64.6 Å². The monoisotopic (exact) mass is 325 g/mol. The van der Waals surface area contributed by atoms with Crippen LogP contribution in [0, 0.1) is 11.2 Å². The zero-order chi connectivity index (χ0) is 17.6. The largest absolute Gasteiger partial charge is 0.391 e. The molecule has 130 valence electrons. The van der Waals surface area contributed by atoms with Crippen molar-refractivity contribution < 1.29 is 14.3 Å². The average molecular weight is 325 g/mol. The van der Waals surface area contributed by atoms with Crippen LogP contribution in [0.25, 0.3) is 0 Å². The molecule has 1 aromatic rings. The molecule has 2 amide bonds. The van der Waals surface area contributed by atoms with E-state index in [1.165, 1.54) is 12.1 Å². The van der Waals surface area contributed by atoms with E-state index in [1.54, 1.807) is 12.1 Å². The highest BCUT2D eigenvalue weighted by molar-refractivity contribution is 5.73. The van der Waals surface area contributed by atoms with Crippen LogP contribution in [-0.2, 0) is 0 Å². The van der Waals surface area contributed by atoms with Crippen LogP contribution in [0.1, 0.15) is 32.4 Å². The molecule has 0 aromatic heterocycles. The molecule has 2 unspecified atom stereocenters. The fourth-order valence-electron chi connectivity index (χ4n) is 2.03. The lowest BCUT2D eigenvalue weighted by Gasteiger charge is -2.27. The molecule has 5 nitrogen and oxygen atoms in total. The third-order valence-electron chi connectivity index (χ3n) is 3.79. The van der Waals surface area contributed by atoms with Crippen molar-refractivity contribution in [2.45, 2.75) is 32.9 Å². The summed E-state index contributed by atoms with van der Waals surface area (Å²) in [5.74, 6) is -0.284. The molecule has 1 aromatic carbocycles. The number of urea groups is 1. The summed E-state index contributed by atoms with van der Waals surface area (Å²) < 4.78 is 13.0. The van der Waals surface area contributed by atoms with Crippen molar-refractivity contribution >= 4 is 6.03 Å². The van der Waals surface area contributed by atoms with Crippen molar-refractivity contribution in [3.63, 3.8) is 0 Å². The summed E-state index contributed by atoms with van der Waals surface area (Å²) in [4.78, 5) is 13.8. The van der Waals surface area contributed by atoms with Crippen molar-refractivity contribution in [1.82, 2.24) is 15.5 Å². The van der Waals surface area contributed by atoms with Gasteiger partial charge in [-0.15, -0.1) is 0 Å². The van der Waals surface area contributed by atoms with Crippen LogP contribution in [0.4, 0.5) is 9.18 Å². The number of aliphatic hydroxyl groups excluding tert-OH is 1. The van der Waals surface area contributed by atoms with Gasteiger partial charge in [0.1, 0.15) is 5.82 Å². The number of likely N-dealkylation sites (N-methyl/N-ethyl adjacent to an activating group) is 1. The molecular weight excluding hydrogens is 297 g/mol. The highest BCUT2D eigenvalue weighted by Crippen LogP contribution is 2.19. The Bertz CT molecular complexity index is 498. The van der Waals surface area contributed by atoms with Gasteiger partial charge < -0.3 is 20.6 Å². The molecule has 0 heterocycles. The zero-order valence-corrected chi connectivity index (χ0v) is 14.6. The van der Waals surface area contributed by atoms with E-state index in [2.05, 4.69) is 10.6 Å². The van der Waals surface area contributed by atoms with Gasteiger partial charge in [-0.05, 0) is 37.2 Å². The first-order chi connectivity index (χ1) is 10.6. The molecule has 0 aliphatic carbocycles. The Morgan fingerprint density at radius 1 is 1.17 bits per heavy atom. The van der Waals surface area contributed by atoms with E-state index in [0.29, 0.717) is 6.54 Å². The minimum absolute atomic E-state index is 0.0612. The van der Waals surface area contributed by atoms with Crippen molar-refractivity contribution in [3.8, 4) is 0 Å². The Morgan fingerprint density at radius 3 is 2.17 bits per heavy atom. The normalized spacial score (nSPS) is 14.4. The first-order valence-electron chi connectivity index (χ1n) is 7.73. The van der Waals surface area contributed by atoms with E-state index in [4.69, 9.17) is 0 Å². The van der Waals surface area contributed by atoms with Crippen molar-refractivity contribution in [1.29, 1.82) is 0 Å². The SMILES string of the molecule is CN(C)C(CNC(=O)NCC(O)C(C)(C)C)c1ccc(F)cc1. The molecule has 0 spiro atoms. The second-order valence-corrected chi connectivity index (χ2v) is 7.00. The molecule has 0 aliphatic rings. The maximum absolute atomic E-state index is 13.0. The van der Waals surface area contributed by atoms with Crippen molar-refractivity contribution in [3.05, 3.63) is 35.6 Å². The van der Waals surface area contributed by atoms with Gasteiger partial charge in [-0.3, -0.25) is 0 Å². The van der Waals surface area contributed by atoms with E-state index >= 15 is 0 Å². The van der Waals surface area contributed by atoms with Gasteiger partial charge >= 0.3 is 6.03 Å². The predicted octanol–water partition coefficient (Wildman–Crippen LogP) is 2.13. The number of hydrogen-bond acceptors (Lipinski definition) is 3. The Hall–Kier alpha value is -1.66. The fraction of sp³-hybridized carbons (Fsp3) is 0.588. The third-order valence-corrected chi connectivity index (χ3v) is 3.79. The predicted molar refractivity (Wildman–Crippen MR) is 89.7 cm³/mol. The zero-order valence-electron chi connectivity index (χ0n) is 14.6. The molecule has 0 saturated carbocycles. The highest BCUT2D eigenvalue weighted by atomic mass is 19.1. The van der Waals surface area contributed by atoms with Crippen LogP contribution in [-0.4, -0.2) is 49.3 Å². The van der Waals surface area contributed by atoms with Gasteiger partial charge in [0, 0.05) is 13.1 Å². The Morgan fingerprint density at radius 2 is 1.70 bits per heavy atom. The number of benzene rings is 1. The summed E-state index contributed by atoms with van der Waals surface area (Å²) in [6.45, 7) is 6.31. The summed E-state index contributed by atoms with van der Waals surface area (Å²) >= 11 is 0. The number of carbonyl (C=O) groups excluding carboxylic acids is 1. The van der Waals surface area contributed by atoms with E-state index in [1.807, 2.05) is 39.8 Å². The summed E-state index contributed by atoms with van der Waals surface area (Å²) in [6.07, 6.45) is -0.616. The molecule has 0 fully saturated rings. The van der Waals surface area contributed by atoms with Crippen LogP contribution in [0.3, 0.4) is 0 Å². The maximum Gasteiger partial charge on any atom is 0.314 e. The molecule has 23 heavy (non-hydrogen) atoms. The smallest absolute Gasteiger partial charge is 0.314 e. The minimum Gasteiger partial charge on any atom is -0.391 e. The summed E-state index contributed by atoms with van der Waals surface area (Å²) in [5.41, 5.74) is 0.638. The van der Waals surface area contributed by atoms with Crippen LogP contribution in [0.2, 0.25) is 0 Å². The molecule has 6 heteroatoms. The van der Waals surface area contributed by atoms with Gasteiger partial charge in [0.05, 0.1) is 12.1 Å². The second-order valence-electron chi connectivity index (χ2n) is 7.00. The van der Waals surface area contributed by atoms with Gasteiger partial charge in [-0.25, -0.2) is 9.18 Å². The summed E-state index contributed by atoms with van der Waals surface area (Å²) in [5, 5.41) is 15.4. The van der Waals surface area contributed by atoms with Gasteiger partial charge in [0.2, 0.25) is 0 Å². The van der Waals surface area contributed by atoms with E-state index in [0.717, 1.165) is 5.56 Å². The molecule has 1 rings (SSSR count). The molecule has 0 bridgehead atoms. The molecule has 3 N–H and O–H groups in total. The van der Waals surface area contributed by atoms with Gasteiger partial charge in [0.25, 0.3) is 0 Å². The number of aliphatic hydroxyl groups is 1. The number of rotatable bonds is 6. The fourth-order valence-corrected chi connectivity index (χ4v) is 2.03. The van der Waals surface area contributed by atoms with Crippen LogP contribution in [0.5, 0.6) is 0 Å². The number of nitrogens with zero attached hydrogens (tertiary/aromatic N) is 1. The third kappa shape index (κ3) is 6.54. The lowest BCUT2D eigenvalue weighted by Crippen LogP contribution is -2.45. The van der Waals surface area contributed by atoms with Crippen LogP contribution >= 0.6 is 0 Å². The Balaban J connectivity index is 2.52. The number of halogens is 1. The van der Waals surface area contributed by atoms with Crippen molar-refractivity contribution in [2.75, 3.05) is 27.2 Å². The maximum atomic E-state index is 13.0. The first-order valence-corrected chi connectivity index (χ1v) is 7.73. The van der Waals surface area contributed by atoms with E-state index in [9.17, 15) is 14.3 Å². The highest BCUT2D eigenvalue weighted by Gasteiger charge is 2.22. The quantitative estimate of drug-likeness (QED) is 0.751. The lowest BCUT2D eigenvalue weighted by atomic mass is 9.89. The number of nitrogens with one attached hydrogen (secondary N) is 2. The van der Waals surface area contributed by atoms with Gasteiger partial charge in [-0.1, -0.05) is 32.9 Å². The summed E-state index contributed by atoms with van der Waals surface area (Å²) in [7, 11) is 3.80. The van der Waals surface area contributed by atoms with Crippen LogP contribution < -0.4 is 10.6 Å². The van der Waals surface area contributed by atoms with Gasteiger partial charge in [-0.2, -0.15) is 0 Å². The Labute approximate surface area is 137 Å². The minimum atomic E-state index is -0.616. The standard InChI is InChI=1S/C17H28FN3O2/c1-17(2,3)15(22)11-20-16(23)19-10-14(21(4)5)12-6-8-13(18)9-7-12/h6-9,14-15,22H,10-11H2,1-5H3,(H2,19,20,23). The molecule has 0 aliphatic heterocycles. The number of hydrogen-bond donors (Lipinski definition) is 3. The molecule has 0 saturated heterocycles. The summed E-state index contributed by atoms with van der Waals surface area (Å²) in [6, 6.07) is 5.85. The van der Waals surface area contributed by atoms with E-state index in [-0.39, 0.29) is 29.8 Å². The molecule has 2 atom stereocenters. The number of amides is 2. The Kier molecular flexibility index (Phi) is 6.97. The molecule has 0 radical (unpaired) electrons.